The molecule has 8 atom stereocenters. The van der Waals surface area contributed by atoms with Gasteiger partial charge in [0.05, 0.1) is 38.1 Å². The first-order valence-electron chi connectivity index (χ1n) is 30.1. The number of thioether (sulfide) groups is 1. The predicted octanol–water partition coefficient (Wildman–Crippen LogP) is 4.06. The lowest BCUT2D eigenvalue weighted by Crippen LogP contribution is -2.60. The van der Waals surface area contributed by atoms with E-state index < -0.39 is 102 Å². The summed E-state index contributed by atoms with van der Waals surface area (Å²) in [6.45, 7) is 17.0. The van der Waals surface area contributed by atoms with Gasteiger partial charge in [-0.3, -0.25) is 48.1 Å². The highest BCUT2D eigenvalue weighted by atomic mass is 32.2. The van der Waals surface area contributed by atoms with Crippen LogP contribution in [0.5, 0.6) is 0 Å². The maximum Gasteiger partial charge on any atom is 0.246 e. The Balaban J connectivity index is 1.79. The molecule has 9 amide bonds. The Labute approximate surface area is 510 Å². The number of hydrogen-bond acceptors (Lipinski definition) is 13. The van der Waals surface area contributed by atoms with Gasteiger partial charge in [-0.15, -0.1) is 0 Å². The standard InChI is InChI=1S/C63H100N10O11S/c1-16-47-59(79)67(10)38-54(74)70(13)50(34-42(2)3)56(76)65-48(39-84-63(7,8)9)55(75)66-49(60(80)73-30-24-19-25-31-73)40-85-33-32-83-41-68(11)52(36-45-26-20-17-21-27-45)61(81)69(12)44(6)58(78)72(15)53(37-46-28-22-18-23-29-46)62(82)71(14)51(35-43(4)5)57(77)64-47/h17-18,20-23,26-29,42-44,47-53H,16,19,24-25,30-41H2,1-15H3,(H,64,77)(H,65,76)(H,66,75)/t44-,47-,48-,49-,50-,51-,52-,53-/m0/s1. The van der Waals surface area contributed by atoms with E-state index in [9.17, 15) is 38.4 Å². The number of likely N-dealkylation sites (tertiary alicyclic amines) is 1. The minimum absolute atomic E-state index is 0.0233. The van der Waals surface area contributed by atoms with Crippen molar-refractivity contribution >= 4 is 64.9 Å². The molecule has 3 N–H and O–H groups in total. The van der Waals surface area contributed by atoms with Crippen molar-refractivity contribution in [3.05, 3.63) is 71.8 Å². The molecule has 0 spiro atoms. The van der Waals surface area contributed by atoms with Crippen LogP contribution in [-0.4, -0.2) is 235 Å². The summed E-state index contributed by atoms with van der Waals surface area (Å²) >= 11 is 1.40. The van der Waals surface area contributed by atoms with Crippen molar-refractivity contribution in [2.75, 3.05) is 93.4 Å². The van der Waals surface area contributed by atoms with E-state index in [1.807, 2.05) is 109 Å². The summed E-state index contributed by atoms with van der Waals surface area (Å²) in [6, 6.07) is 10.1. The zero-order valence-corrected chi connectivity index (χ0v) is 54.2. The quantitative estimate of drug-likeness (QED) is 0.273. The summed E-state index contributed by atoms with van der Waals surface area (Å²) in [6.07, 6.45) is 3.51. The number of rotatable bonds is 12. The van der Waals surface area contributed by atoms with Crippen LogP contribution >= 0.6 is 11.8 Å². The number of carbonyl (C=O) groups excluding carboxylic acids is 9. The monoisotopic (exact) mass is 1200 g/mol. The van der Waals surface area contributed by atoms with E-state index in [1.54, 1.807) is 37.7 Å². The number of ether oxygens (including phenoxy) is 2. The predicted molar refractivity (Wildman–Crippen MR) is 331 cm³/mol. The third-order valence-corrected chi connectivity index (χ3v) is 16.8. The van der Waals surface area contributed by atoms with Crippen molar-refractivity contribution in [3.8, 4) is 0 Å². The number of piperidine rings is 1. The van der Waals surface area contributed by atoms with E-state index in [2.05, 4.69) is 16.0 Å². The SMILES string of the molecule is CC[C@@H]1NC(=O)[C@H](CC(C)C)N(C)C(=O)[C@H](Cc2ccccc2)N(C)C(=O)[C@H](C)N(C)C(=O)[C@H](Cc2ccccc2)N(C)COCCSC[C@@H](C(=O)N2CCCCC2)NC(=O)[C@H](COC(C)(C)C)NC(=O)[C@H](CC(C)C)N(C)C(=O)CN(C)C1=O. The van der Waals surface area contributed by atoms with E-state index in [-0.39, 0.29) is 81.5 Å². The summed E-state index contributed by atoms with van der Waals surface area (Å²) < 4.78 is 12.3. The summed E-state index contributed by atoms with van der Waals surface area (Å²) in [5.74, 6) is -4.35. The fourth-order valence-corrected chi connectivity index (χ4v) is 11.2. The third-order valence-electron chi connectivity index (χ3n) is 15.7. The van der Waals surface area contributed by atoms with Crippen LogP contribution in [0.4, 0.5) is 0 Å². The van der Waals surface area contributed by atoms with Gasteiger partial charge in [0.15, 0.2) is 0 Å². The molecular formula is C63H100N10O11S. The van der Waals surface area contributed by atoms with Crippen molar-refractivity contribution in [1.29, 1.82) is 0 Å². The van der Waals surface area contributed by atoms with Gasteiger partial charge in [0.25, 0.3) is 0 Å². The first kappa shape index (κ1) is 71.4. The van der Waals surface area contributed by atoms with Gasteiger partial charge in [0, 0.05) is 66.3 Å². The molecule has 0 bridgehead atoms. The largest absolute Gasteiger partial charge is 0.373 e. The molecule has 22 heteroatoms. The molecular weight excluding hydrogens is 1100 g/mol. The Morgan fingerprint density at radius 2 is 1.14 bits per heavy atom. The molecule has 2 aliphatic rings. The topological polar surface area (TPSA) is 231 Å². The highest BCUT2D eigenvalue weighted by Gasteiger charge is 2.41. The lowest BCUT2D eigenvalue weighted by molar-refractivity contribution is -0.153. The number of nitrogens with zero attached hydrogens (tertiary/aromatic N) is 7. The van der Waals surface area contributed by atoms with Gasteiger partial charge in [-0.1, -0.05) is 95.3 Å². The molecule has 2 fully saturated rings. The van der Waals surface area contributed by atoms with Gasteiger partial charge in [-0.25, -0.2) is 0 Å². The van der Waals surface area contributed by atoms with E-state index in [0.29, 0.717) is 18.8 Å². The average Bonchev–Trinajstić information content (AvgIpc) is 3.29. The van der Waals surface area contributed by atoms with Crippen LogP contribution in [0.25, 0.3) is 0 Å². The Kier molecular flexibility index (Phi) is 28.8. The summed E-state index contributed by atoms with van der Waals surface area (Å²) in [5.41, 5.74) is 0.908. The summed E-state index contributed by atoms with van der Waals surface area (Å²) in [4.78, 5) is 141. The molecule has 0 saturated carbocycles. The number of likely N-dealkylation sites (N-methyl/N-ethyl adjacent to an activating group) is 6. The van der Waals surface area contributed by atoms with E-state index in [4.69, 9.17) is 9.47 Å². The number of benzene rings is 2. The maximum atomic E-state index is 15.1. The second kappa shape index (κ2) is 34.3. The molecule has 4 rings (SSSR count). The van der Waals surface area contributed by atoms with Crippen LogP contribution in [0.2, 0.25) is 0 Å². The second-order valence-corrected chi connectivity index (χ2v) is 25.8. The van der Waals surface area contributed by atoms with Crippen molar-refractivity contribution in [2.45, 2.75) is 168 Å². The molecule has 0 aliphatic carbocycles. The van der Waals surface area contributed by atoms with E-state index >= 15 is 4.79 Å². The molecule has 2 aromatic carbocycles. The van der Waals surface area contributed by atoms with Crippen LogP contribution in [-0.2, 0) is 65.5 Å². The van der Waals surface area contributed by atoms with Gasteiger partial charge < -0.3 is 54.8 Å². The molecule has 2 saturated heterocycles. The first-order valence-corrected chi connectivity index (χ1v) is 31.3. The molecule has 21 nitrogen and oxygen atoms in total. The zero-order chi connectivity index (χ0) is 63.3. The number of amides is 9. The van der Waals surface area contributed by atoms with Crippen molar-refractivity contribution in [1.82, 2.24) is 50.2 Å². The van der Waals surface area contributed by atoms with Crippen LogP contribution in [0.15, 0.2) is 60.7 Å². The Bertz CT molecular complexity index is 2510. The van der Waals surface area contributed by atoms with E-state index in [0.717, 1.165) is 30.4 Å². The Morgan fingerprint density at radius 3 is 1.67 bits per heavy atom. The smallest absolute Gasteiger partial charge is 0.246 e. The summed E-state index contributed by atoms with van der Waals surface area (Å²) in [5, 5.41) is 8.68. The lowest BCUT2D eigenvalue weighted by atomic mass is 9.98. The lowest BCUT2D eigenvalue weighted by Gasteiger charge is -2.38. The fourth-order valence-electron chi connectivity index (χ4n) is 10.3. The van der Waals surface area contributed by atoms with Crippen molar-refractivity contribution < 1.29 is 52.6 Å². The molecule has 0 aromatic heterocycles. The Morgan fingerprint density at radius 1 is 0.635 bits per heavy atom. The third kappa shape index (κ3) is 22.0. The molecule has 474 valence electrons. The highest BCUT2D eigenvalue weighted by Crippen LogP contribution is 2.22. The first-order chi connectivity index (χ1) is 40.1. The molecule has 0 radical (unpaired) electrons. The number of hydrogen-bond donors (Lipinski definition) is 3. The maximum absolute atomic E-state index is 15.1. The number of nitrogens with one attached hydrogen (secondary N) is 3. The Hall–Kier alpha value is -6.10. The van der Waals surface area contributed by atoms with Crippen molar-refractivity contribution in [3.63, 3.8) is 0 Å². The highest BCUT2D eigenvalue weighted by molar-refractivity contribution is 7.99. The van der Waals surface area contributed by atoms with Gasteiger partial charge in [-0.2, -0.15) is 11.8 Å². The van der Waals surface area contributed by atoms with Gasteiger partial charge in [0.1, 0.15) is 42.3 Å². The van der Waals surface area contributed by atoms with Gasteiger partial charge in [0.2, 0.25) is 53.2 Å². The minimum atomic E-state index is -1.28. The number of carbonyl (C=O) groups is 9. The molecule has 2 aliphatic heterocycles. The average molecular weight is 1210 g/mol. The van der Waals surface area contributed by atoms with Crippen molar-refractivity contribution in [2.24, 2.45) is 11.8 Å². The van der Waals surface area contributed by atoms with Crippen LogP contribution in [0, 0.1) is 11.8 Å². The van der Waals surface area contributed by atoms with Crippen LogP contribution in [0.1, 0.15) is 112 Å². The normalized spacial score (nSPS) is 25.2. The molecule has 85 heavy (non-hydrogen) atoms. The molecule has 2 aromatic rings. The molecule has 2 heterocycles. The van der Waals surface area contributed by atoms with Crippen LogP contribution < -0.4 is 16.0 Å². The minimum Gasteiger partial charge on any atom is -0.373 e. The molecule has 0 unspecified atom stereocenters. The zero-order valence-electron chi connectivity index (χ0n) is 53.4. The fraction of sp³-hybridized carbons (Fsp3) is 0.667. The van der Waals surface area contributed by atoms with Crippen LogP contribution in [0.3, 0.4) is 0 Å². The van der Waals surface area contributed by atoms with Gasteiger partial charge >= 0.3 is 0 Å². The van der Waals surface area contributed by atoms with Gasteiger partial charge in [-0.05, 0) is 103 Å². The second-order valence-electron chi connectivity index (χ2n) is 24.7. The summed E-state index contributed by atoms with van der Waals surface area (Å²) in [7, 11) is 9.26. The van der Waals surface area contributed by atoms with E-state index in [1.165, 1.54) is 64.5 Å².